The number of esters is 1. The van der Waals surface area contributed by atoms with Gasteiger partial charge in [-0.25, -0.2) is 4.79 Å². The fourth-order valence-corrected chi connectivity index (χ4v) is 5.59. The number of carbonyl (C=O) groups excluding carboxylic acids is 1. The summed E-state index contributed by atoms with van der Waals surface area (Å²) in [6.07, 6.45) is 2.31. The molecule has 0 aliphatic carbocycles. The first-order chi connectivity index (χ1) is 26.1. The number of nitriles is 2. The fraction of sp³-hybridized carbons (Fsp3) is 0.152. The molecule has 7 heteroatoms. The van der Waals surface area contributed by atoms with Gasteiger partial charge in [0.15, 0.2) is 0 Å². The zero-order chi connectivity index (χ0) is 36.7. The average Bonchev–Trinajstić information content (AvgIpc) is 3.23. The van der Waals surface area contributed by atoms with Crippen LogP contribution in [0.3, 0.4) is 0 Å². The summed E-state index contributed by atoms with van der Waals surface area (Å²) in [7, 11) is 0. The Balaban J connectivity index is 0.846. The Labute approximate surface area is 310 Å². The molecule has 0 heterocycles. The number of benzene rings is 6. The van der Waals surface area contributed by atoms with E-state index in [0.29, 0.717) is 42.9 Å². The van der Waals surface area contributed by atoms with Gasteiger partial charge in [-0.1, -0.05) is 72.8 Å². The van der Waals surface area contributed by atoms with Crippen LogP contribution in [0.5, 0.6) is 17.2 Å². The van der Waals surface area contributed by atoms with E-state index in [4.69, 9.17) is 29.5 Å². The number of ether oxygens (including phenoxy) is 4. The predicted octanol–water partition coefficient (Wildman–Crippen LogP) is 10.3. The van der Waals surface area contributed by atoms with E-state index in [2.05, 4.69) is 12.1 Å². The molecule has 0 aromatic heterocycles. The van der Waals surface area contributed by atoms with Crippen molar-refractivity contribution in [3.8, 4) is 62.8 Å². The molecule has 0 unspecified atom stereocenters. The van der Waals surface area contributed by atoms with Crippen molar-refractivity contribution < 1.29 is 23.7 Å². The number of carbonyl (C=O) groups is 1. The number of rotatable bonds is 16. The molecule has 0 N–H and O–H groups in total. The summed E-state index contributed by atoms with van der Waals surface area (Å²) >= 11 is 0. The second-order valence-corrected chi connectivity index (χ2v) is 12.3. The molecule has 6 aromatic rings. The average molecular weight is 699 g/mol. The van der Waals surface area contributed by atoms with Crippen LogP contribution in [0, 0.1) is 22.7 Å². The maximum atomic E-state index is 12.6. The zero-order valence-corrected chi connectivity index (χ0v) is 29.2. The van der Waals surface area contributed by atoms with Crippen LogP contribution in [-0.4, -0.2) is 32.4 Å². The van der Waals surface area contributed by atoms with E-state index in [1.54, 1.807) is 24.3 Å². The quantitative estimate of drug-likeness (QED) is 0.0732. The summed E-state index contributed by atoms with van der Waals surface area (Å²) in [5.41, 5.74) is 8.01. The summed E-state index contributed by atoms with van der Waals surface area (Å²) < 4.78 is 23.1. The van der Waals surface area contributed by atoms with Gasteiger partial charge in [-0.05, 0) is 119 Å². The second kappa shape index (κ2) is 18.4. The largest absolute Gasteiger partial charge is 0.494 e. The van der Waals surface area contributed by atoms with E-state index < -0.39 is 0 Å². The molecule has 53 heavy (non-hydrogen) atoms. The molecule has 262 valence electrons. The first-order valence-electron chi connectivity index (χ1n) is 17.6. The highest BCUT2D eigenvalue weighted by molar-refractivity contribution is 5.90. The molecule has 6 aromatic carbocycles. The molecule has 0 fully saturated rings. The van der Waals surface area contributed by atoms with Gasteiger partial charge < -0.3 is 18.9 Å². The van der Waals surface area contributed by atoms with E-state index in [-0.39, 0.29) is 12.6 Å². The Morgan fingerprint density at radius 3 is 1.04 bits per heavy atom. The number of unbranched alkanes of at least 4 members (excludes halogenated alkanes) is 1. The molecule has 7 nitrogen and oxygen atoms in total. The first kappa shape index (κ1) is 36.0. The molecule has 0 radical (unpaired) electrons. The maximum absolute atomic E-state index is 12.6. The highest BCUT2D eigenvalue weighted by atomic mass is 16.5. The summed E-state index contributed by atoms with van der Waals surface area (Å²) in [4.78, 5) is 12.6. The molecule has 0 spiro atoms. The van der Waals surface area contributed by atoms with Crippen molar-refractivity contribution in [2.24, 2.45) is 0 Å². The lowest BCUT2D eigenvalue weighted by Crippen LogP contribution is -2.09. The standard InChI is InChI=1S/C46H38N2O5/c47-32-34-4-8-36(9-5-34)39-16-22-43(23-17-39)50-28-1-2-29-51-44-24-20-41(21-25-44)38-12-14-42(15-13-38)46(49)53-31-3-30-52-45-26-18-40(19-27-45)37-10-6-35(33-48)7-11-37/h4-27H,1-3,28-31H2. The van der Waals surface area contributed by atoms with Crippen LogP contribution in [0.15, 0.2) is 146 Å². The molecule has 0 saturated heterocycles. The molecular weight excluding hydrogens is 661 g/mol. The highest BCUT2D eigenvalue weighted by Gasteiger charge is 2.08. The third-order valence-corrected chi connectivity index (χ3v) is 8.58. The van der Waals surface area contributed by atoms with Crippen molar-refractivity contribution in [1.29, 1.82) is 10.5 Å². The monoisotopic (exact) mass is 698 g/mol. The highest BCUT2D eigenvalue weighted by Crippen LogP contribution is 2.26. The van der Waals surface area contributed by atoms with Crippen LogP contribution in [-0.2, 0) is 4.74 Å². The molecule has 0 atom stereocenters. The number of nitrogens with zero attached hydrogens (tertiary/aromatic N) is 2. The van der Waals surface area contributed by atoms with Gasteiger partial charge in [0.25, 0.3) is 0 Å². The Bertz CT molecular complexity index is 2150. The van der Waals surface area contributed by atoms with Crippen LogP contribution in [0.25, 0.3) is 33.4 Å². The van der Waals surface area contributed by atoms with E-state index in [1.807, 2.05) is 121 Å². The Morgan fingerprint density at radius 2 is 0.698 bits per heavy atom. The van der Waals surface area contributed by atoms with E-state index >= 15 is 0 Å². The summed E-state index contributed by atoms with van der Waals surface area (Å²) in [5.74, 6) is 2.00. The Morgan fingerprint density at radius 1 is 0.396 bits per heavy atom. The molecule has 0 aliphatic rings. The summed E-state index contributed by atoms with van der Waals surface area (Å²) in [6, 6.07) is 50.3. The number of hydrogen-bond donors (Lipinski definition) is 0. The Kier molecular flexibility index (Phi) is 12.5. The normalized spacial score (nSPS) is 10.5. The van der Waals surface area contributed by atoms with E-state index in [1.165, 1.54) is 0 Å². The first-order valence-corrected chi connectivity index (χ1v) is 17.6. The van der Waals surface area contributed by atoms with Crippen molar-refractivity contribution in [2.75, 3.05) is 26.4 Å². The van der Waals surface area contributed by atoms with Crippen LogP contribution < -0.4 is 14.2 Å². The van der Waals surface area contributed by atoms with Gasteiger partial charge in [0.1, 0.15) is 17.2 Å². The van der Waals surface area contributed by atoms with Crippen LogP contribution in [0.4, 0.5) is 0 Å². The zero-order valence-electron chi connectivity index (χ0n) is 29.2. The van der Waals surface area contributed by atoms with Gasteiger partial charge >= 0.3 is 5.97 Å². The SMILES string of the molecule is N#Cc1ccc(-c2ccc(OCCCCOc3ccc(-c4ccc(C(=O)OCCCOc5ccc(-c6ccc(C#N)cc6)cc5)cc4)cc3)cc2)cc1. The van der Waals surface area contributed by atoms with E-state index in [9.17, 15) is 4.79 Å². The smallest absolute Gasteiger partial charge is 0.338 e. The minimum Gasteiger partial charge on any atom is -0.494 e. The number of hydrogen-bond acceptors (Lipinski definition) is 7. The molecule has 0 saturated carbocycles. The van der Waals surface area contributed by atoms with E-state index in [0.717, 1.165) is 63.5 Å². The predicted molar refractivity (Wildman–Crippen MR) is 206 cm³/mol. The van der Waals surface area contributed by atoms with Crippen LogP contribution in [0.1, 0.15) is 40.7 Å². The van der Waals surface area contributed by atoms with Gasteiger partial charge in [-0.2, -0.15) is 10.5 Å². The van der Waals surface area contributed by atoms with Crippen LogP contribution >= 0.6 is 0 Å². The van der Waals surface area contributed by atoms with Crippen molar-refractivity contribution in [1.82, 2.24) is 0 Å². The van der Waals surface area contributed by atoms with Gasteiger partial charge in [-0.15, -0.1) is 0 Å². The molecular formula is C46H38N2O5. The molecule has 6 rings (SSSR count). The minimum absolute atomic E-state index is 0.258. The van der Waals surface area contributed by atoms with Gasteiger partial charge in [0.05, 0.1) is 55.3 Å². The Hall–Kier alpha value is -6.83. The van der Waals surface area contributed by atoms with Gasteiger partial charge in [-0.3, -0.25) is 0 Å². The lowest BCUT2D eigenvalue weighted by Gasteiger charge is -2.10. The fourth-order valence-electron chi connectivity index (χ4n) is 5.59. The van der Waals surface area contributed by atoms with Crippen molar-refractivity contribution >= 4 is 5.97 Å². The molecule has 0 bridgehead atoms. The minimum atomic E-state index is -0.366. The second-order valence-electron chi connectivity index (χ2n) is 12.3. The third kappa shape index (κ3) is 10.4. The lowest BCUT2D eigenvalue weighted by atomic mass is 10.0. The molecule has 0 aliphatic heterocycles. The van der Waals surface area contributed by atoms with Crippen molar-refractivity contribution in [3.63, 3.8) is 0 Å². The van der Waals surface area contributed by atoms with Crippen molar-refractivity contribution in [2.45, 2.75) is 19.3 Å². The summed E-state index contributed by atoms with van der Waals surface area (Å²) in [6.45, 7) is 1.88. The van der Waals surface area contributed by atoms with Crippen molar-refractivity contribution in [3.05, 3.63) is 162 Å². The summed E-state index contributed by atoms with van der Waals surface area (Å²) in [5, 5.41) is 18.0. The third-order valence-electron chi connectivity index (χ3n) is 8.58. The van der Waals surface area contributed by atoms with Gasteiger partial charge in [0, 0.05) is 6.42 Å². The maximum Gasteiger partial charge on any atom is 0.338 e. The van der Waals surface area contributed by atoms with Crippen LogP contribution in [0.2, 0.25) is 0 Å². The topological polar surface area (TPSA) is 102 Å². The lowest BCUT2D eigenvalue weighted by molar-refractivity contribution is 0.0486. The molecule has 0 amide bonds. The van der Waals surface area contributed by atoms with Gasteiger partial charge in [0.2, 0.25) is 0 Å².